The Bertz CT molecular complexity index is 730. The van der Waals surface area contributed by atoms with Gasteiger partial charge in [0.25, 0.3) is 11.1 Å². The SMILES string of the molecule is CC[C@@H](C)OC(=O)CN1C(=O)S/C(=C/c2ccc(OC)c(O)c2)C1=O. The van der Waals surface area contributed by atoms with Gasteiger partial charge in [-0.05, 0) is 48.9 Å². The number of thioether (sulfide) groups is 1. The summed E-state index contributed by atoms with van der Waals surface area (Å²) in [6, 6.07) is 4.61. The summed E-state index contributed by atoms with van der Waals surface area (Å²) in [6.07, 6.45) is 1.85. The van der Waals surface area contributed by atoms with Crippen molar-refractivity contribution in [2.24, 2.45) is 0 Å². The Morgan fingerprint density at radius 3 is 2.72 bits per heavy atom. The number of aromatic hydroxyl groups is 1. The molecule has 25 heavy (non-hydrogen) atoms. The van der Waals surface area contributed by atoms with Gasteiger partial charge in [-0.3, -0.25) is 19.3 Å². The first-order chi connectivity index (χ1) is 11.8. The van der Waals surface area contributed by atoms with Gasteiger partial charge in [0.05, 0.1) is 18.1 Å². The number of esters is 1. The molecular formula is C17H19NO6S. The lowest BCUT2D eigenvalue weighted by molar-refractivity contribution is -0.150. The predicted molar refractivity (Wildman–Crippen MR) is 93.2 cm³/mol. The lowest BCUT2D eigenvalue weighted by Crippen LogP contribution is -2.35. The van der Waals surface area contributed by atoms with Gasteiger partial charge in [0.2, 0.25) is 0 Å². The molecule has 1 fully saturated rings. The van der Waals surface area contributed by atoms with Crippen LogP contribution in [0.1, 0.15) is 25.8 Å². The highest BCUT2D eigenvalue weighted by Crippen LogP contribution is 2.34. The molecular weight excluding hydrogens is 346 g/mol. The van der Waals surface area contributed by atoms with Crippen LogP contribution in [0.5, 0.6) is 11.5 Å². The molecule has 134 valence electrons. The number of phenols is 1. The van der Waals surface area contributed by atoms with Gasteiger partial charge in [-0.2, -0.15) is 0 Å². The largest absolute Gasteiger partial charge is 0.504 e. The number of carbonyl (C=O) groups excluding carboxylic acids is 3. The van der Waals surface area contributed by atoms with Gasteiger partial charge in [0.15, 0.2) is 11.5 Å². The summed E-state index contributed by atoms with van der Waals surface area (Å²) in [4.78, 5) is 37.2. The third-order valence-corrected chi connectivity index (χ3v) is 4.48. The van der Waals surface area contributed by atoms with Crippen molar-refractivity contribution in [2.75, 3.05) is 13.7 Å². The van der Waals surface area contributed by atoms with E-state index in [0.29, 0.717) is 17.7 Å². The molecule has 2 rings (SSSR count). The average molecular weight is 365 g/mol. The summed E-state index contributed by atoms with van der Waals surface area (Å²) in [6.45, 7) is 3.19. The van der Waals surface area contributed by atoms with Crippen LogP contribution in [0, 0.1) is 0 Å². The second kappa shape index (κ2) is 8.06. The third-order valence-electron chi connectivity index (χ3n) is 3.57. The molecule has 1 aromatic rings. The molecule has 7 nitrogen and oxygen atoms in total. The normalized spacial score (nSPS) is 17.1. The van der Waals surface area contributed by atoms with Crippen LogP contribution in [-0.4, -0.2) is 46.9 Å². The van der Waals surface area contributed by atoms with E-state index in [-0.39, 0.29) is 16.8 Å². The molecule has 0 saturated carbocycles. The van der Waals surface area contributed by atoms with Gasteiger partial charge in [0.1, 0.15) is 6.54 Å². The molecule has 1 heterocycles. The molecule has 0 bridgehead atoms. The highest BCUT2D eigenvalue weighted by molar-refractivity contribution is 8.18. The molecule has 0 radical (unpaired) electrons. The minimum Gasteiger partial charge on any atom is -0.504 e. The lowest BCUT2D eigenvalue weighted by Gasteiger charge is -2.14. The van der Waals surface area contributed by atoms with E-state index < -0.39 is 23.7 Å². The number of hydrogen-bond donors (Lipinski definition) is 1. The number of phenolic OH excluding ortho intramolecular Hbond substituents is 1. The summed E-state index contributed by atoms with van der Waals surface area (Å²) in [5.41, 5.74) is 0.533. The summed E-state index contributed by atoms with van der Waals surface area (Å²) >= 11 is 0.737. The fourth-order valence-corrected chi connectivity index (χ4v) is 2.90. The third kappa shape index (κ3) is 4.54. The number of methoxy groups -OCH3 is 1. The van der Waals surface area contributed by atoms with Crippen LogP contribution in [0.25, 0.3) is 6.08 Å². The second-order valence-electron chi connectivity index (χ2n) is 5.41. The predicted octanol–water partition coefficient (Wildman–Crippen LogP) is 2.78. The van der Waals surface area contributed by atoms with E-state index in [4.69, 9.17) is 9.47 Å². The van der Waals surface area contributed by atoms with E-state index in [2.05, 4.69) is 0 Å². The van der Waals surface area contributed by atoms with Crippen LogP contribution in [0.15, 0.2) is 23.1 Å². The van der Waals surface area contributed by atoms with Crippen molar-refractivity contribution in [3.63, 3.8) is 0 Å². The molecule has 1 saturated heterocycles. The van der Waals surface area contributed by atoms with E-state index in [1.807, 2.05) is 6.92 Å². The van der Waals surface area contributed by atoms with E-state index in [0.717, 1.165) is 16.7 Å². The number of hydrogen-bond acceptors (Lipinski definition) is 7. The first-order valence-electron chi connectivity index (χ1n) is 7.67. The topological polar surface area (TPSA) is 93.1 Å². The van der Waals surface area contributed by atoms with Crippen molar-refractivity contribution in [2.45, 2.75) is 26.4 Å². The molecule has 1 aliphatic rings. The lowest BCUT2D eigenvalue weighted by atomic mass is 10.2. The Hall–Kier alpha value is -2.48. The van der Waals surface area contributed by atoms with Crippen LogP contribution in [0.4, 0.5) is 4.79 Å². The Morgan fingerprint density at radius 2 is 2.12 bits per heavy atom. The number of nitrogens with zero attached hydrogens (tertiary/aromatic N) is 1. The van der Waals surface area contributed by atoms with E-state index in [1.54, 1.807) is 19.1 Å². The zero-order valence-corrected chi connectivity index (χ0v) is 15.0. The fourth-order valence-electron chi connectivity index (χ4n) is 2.06. The zero-order valence-electron chi connectivity index (χ0n) is 14.1. The molecule has 2 amide bonds. The maximum Gasteiger partial charge on any atom is 0.326 e. The quantitative estimate of drug-likeness (QED) is 0.612. The summed E-state index contributed by atoms with van der Waals surface area (Å²) < 4.78 is 10.0. The molecule has 1 atom stereocenters. The summed E-state index contributed by atoms with van der Waals surface area (Å²) in [7, 11) is 1.43. The standard InChI is InChI=1S/C17H19NO6S/c1-4-10(2)24-15(20)9-18-16(21)14(25-17(18)22)8-11-5-6-13(23-3)12(19)7-11/h5-8,10,19H,4,9H2,1-3H3/b14-8+/t10-/m1/s1. The zero-order chi connectivity index (χ0) is 18.6. The average Bonchev–Trinajstić information content (AvgIpc) is 2.82. The highest BCUT2D eigenvalue weighted by Gasteiger charge is 2.36. The number of benzene rings is 1. The van der Waals surface area contributed by atoms with E-state index in [9.17, 15) is 19.5 Å². The van der Waals surface area contributed by atoms with Crippen molar-refractivity contribution in [3.05, 3.63) is 28.7 Å². The number of amides is 2. The number of carbonyl (C=O) groups is 3. The van der Waals surface area contributed by atoms with Crippen molar-refractivity contribution >= 4 is 35.0 Å². The molecule has 1 aromatic carbocycles. The van der Waals surface area contributed by atoms with Gasteiger partial charge in [-0.1, -0.05) is 13.0 Å². The molecule has 1 aliphatic heterocycles. The molecule has 0 aromatic heterocycles. The smallest absolute Gasteiger partial charge is 0.326 e. The maximum absolute atomic E-state index is 12.3. The monoisotopic (exact) mass is 365 g/mol. The van der Waals surface area contributed by atoms with E-state index >= 15 is 0 Å². The minimum absolute atomic E-state index is 0.0763. The fraction of sp³-hybridized carbons (Fsp3) is 0.353. The van der Waals surface area contributed by atoms with Gasteiger partial charge >= 0.3 is 5.97 Å². The van der Waals surface area contributed by atoms with Crippen LogP contribution >= 0.6 is 11.8 Å². The van der Waals surface area contributed by atoms with Crippen LogP contribution < -0.4 is 4.74 Å². The van der Waals surface area contributed by atoms with Crippen molar-refractivity contribution in [1.82, 2.24) is 4.90 Å². The molecule has 0 spiro atoms. The first-order valence-corrected chi connectivity index (χ1v) is 8.49. The van der Waals surface area contributed by atoms with Crippen LogP contribution in [0.2, 0.25) is 0 Å². The summed E-state index contributed by atoms with van der Waals surface area (Å²) in [5, 5.41) is 9.24. The molecule has 0 unspecified atom stereocenters. The van der Waals surface area contributed by atoms with Crippen molar-refractivity contribution in [3.8, 4) is 11.5 Å². The Morgan fingerprint density at radius 1 is 1.40 bits per heavy atom. The Labute approximate surface area is 149 Å². The minimum atomic E-state index is -0.625. The Balaban J connectivity index is 2.12. The number of rotatable bonds is 6. The first kappa shape index (κ1) is 18.9. The van der Waals surface area contributed by atoms with Crippen LogP contribution in [0.3, 0.4) is 0 Å². The molecule has 0 aliphatic carbocycles. The van der Waals surface area contributed by atoms with Crippen molar-refractivity contribution < 1.29 is 29.0 Å². The van der Waals surface area contributed by atoms with Crippen LogP contribution in [-0.2, 0) is 14.3 Å². The number of ether oxygens (including phenoxy) is 2. The van der Waals surface area contributed by atoms with Gasteiger partial charge < -0.3 is 14.6 Å². The van der Waals surface area contributed by atoms with E-state index in [1.165, 1.54) is 19.3 Å². The van der Waals surface area contributed by atoms with Gasteiger partial charge in [0, 0.05) is 0 Å². The highest BCUT2D eigenvalue weighted by atomic mass is 32.2. The number of imide groups is 1. The van der Waals surface area contributed by atoms with Gasteiger partial charge in [-0.25, -0.2) is 0 Å². The van der Waals surface area contributed by atoms with Gasteiger partial charge in [-0.15, -0.1) is 0 Å². The van der Waals surface area contributed by atoms with Crippen molar-refractivity contribution in [1.29, 1.82) is 0 Å². The molecule has 1 N–H and O–H groups in total. The Kier molecular flexibility index (Phi) is 6.08. The maximum atomic E-state index is 12.3. The summed E-state index contributed by atoms with van der Waals surface area (Å²) in [5.74, 6) is -0.961. The second-order valence-corrected chi connectivity index (χ2v) is 6.40. The molecule has 8 heteroatoms.